The largest absolute Gasteiger partial charge is 0.368 e. The third-order valence-corrected chi connectivity index (χ3v) is 3.66. The van der Waals surface area contributed by atoms with Crippen molar-refractivity contribution >= 4 is 17.5 Å². The number of nitrogens with one attached hydrogen (secondary N) is 1. The number of carbonyl (C=O) groups is 2. The monoisotopic (exact) mass is 352 g/mol. The van der Waals surface area contributed by atoms with Crippen molar-refractivity contribution in [3.63, 3.8) is 0 Å². The molecule has 0 heterocycles. The molecule has 8 nitrogen and oxygen atoms in total. The summed E-state index contributed by atoms with van der Waals surface area (Å²) < 4.78 is 0. The quantitative estimate of drug-likeness (QED) is 0.569. The van der Waals surface area contributed by atoms with Gasteiger partial charge in [0.05, 0.1) is 23.0 Å². The van der Waals surface area contributed by atoms with Gasteiger partial charge in [-0.2, -0.15) is 5.26 Å². The Kier molecular flexibility index (Phi) is 6.01. The van der Waals surface area contributed by atoms with Gasteiger partial charge in [-0.25, -0.2) is 0 Å². The van der Waals surface area contributed by atoms with Crippen LogP contribution in [0.5, 0.6) is 0 Å². The molecule has 1 atom stereocenters. The Balaban J connectivity index is 2.06. The number of nitrogens with zero attached hydrogens (tertiary/aromatic N) is 2. The van der Waals surface area contributed by atoms with Crippen molar-refractivity contribution in [3.05, 3.63) is 75.3 Å². The van der Waals surface area contributed by atoms with Crippen LogP contribution in [0.25, 0.3) is 0 Å². The van der Waals surface area contributed by atoms with Crippen molar-refractivity contribution < 1.29 is 14.5 Å². The zero-order valence-electron chi connectivity index (χ0n) is 13.7. The molecule has 132 valence electrons. The lowest BCUT2D eigenvalue weighted by atomic mass is 10.0. The molecule has 0 unspecified atom stereocenters. The van der Waals surface area contributed by atoms with E-state index in [1.54, 1.807) is 30.3 Å². The number of carbonyl (C=O) groups excluding carboxylic acids is 2. The van der Waals surface area contributed by atoms with Crippen LogP contribution in [0.15, 0.2) is 48.5 Å². The van der Waals surface area contributed by atoms with E-state index in [2.05, 4.69) is 5.32 Å². The molecule has 0 aromatic heterocycles. The Morgan fingerprint density at radius 2 is 1.88 bits per heavy atom. The first-order valence-corrected chi connectivity index (χ1v) is 7.70. The predicted octanol–water partition coefficient (Wildman–Crippen LogP) is 1.22. The average Bonchev–Trinajstić information content (AvgIpc) is 2.61. The molecule has 0 aliphatic carbocycles. The molecule has 0 spiro atoms. The molecule has 0 aliphatic rings. The zero-order valence-corrected chi connectivity index (χ0v) is 13.7. The van der Waals surface area contributed by atoms with Gasteiger partial charge in [-0.05, 0) is 23.3 Å². The summed E-state index contributed by atoms with van der Waals surface area (Å²) in [4.78, 5) is 34.1. The maximum Gasteiger partial charge on any atom is 0.269 e. The van der Waals surface area contributed by atoms with E-state index in [1.165, 1.54) is 18.2 Å². The molecule has 2 aromatic carbocycles. The lowest BCUT2D eigenvalue weighted by Gasteiger charge is -2.16. The lowest BCUT2D eigenvalue weighted by Crippen LogP contribution is -2.46. The van der Waals surface area contributed by atoms with Crippen molar-refractivity contribution in [2.75, 3.05) is 0 Å². The van der Waals surface area contributed by atoms with Crippen molar-refractivity contribution in [1.29, 1.82) is 5.26 Å². The van der Waals surface area contributed by atoms with Crippen molar-refractivity contribution in [1.82, 2.24) is 5.32 Å². The lowest BCUT2D eigenvalue weighted by molar-refractivity contribution is -0.384. The van der Waals surface area contributed by atoms with Crippen LogP contribution in [0.4, 0.5) is 5.69 Å². The molecule has 2 aromatic rings. The second kappa shape index (κ2) is 8.39. The number of nitrogens with two attached hydrogens (primary N) is 1. The smallest absolute Gasteiger partial charge is 0.269 e. The highest BCUT2D eigenvalue weighted by atomic mass is 16.6. The molecule has 2 rings (SSSR count). The second-order valence-corrected chi connectivity index (χ2v) is 5.64. The van der Waals surface area contributed by atoms with E-state index in [9.17, 15) is 19.7 Å². The predicted molar refractivity (Wildman–Crippen MR) is 92.8 cm³/mol. The van der Waals surface area contributed by atoms with Crippen LogP contribution in [0.1, 0.15) is 16.7 Å². The minimum absolute atomic E-state index is 0.116. The van der Waals surface area contributed by atoms with Gasteiger partial charge in [0, 0.05) is 18.6 Å². The fraction of sp³-hybridized carbons (Fsp3) is 0.167. The summed E-state index contributed by atoms with van der Waals surface area (Å²) >= 11 is 0. The number of rotatable bonds is 7. The van der Waals surface area contributed by atoms with E-state index in [1.807, 2.05) is 6.07 Å². The van der Waals surface area contributed by atoms with Crippen molar-refractivity contribution in [2.24, 2.45) is 5.73 Å². The Morgan fingerprint density at radius 1 is 1.19 bits per heavy atom. The average molecular weight is 352 g/mol. The van der Waals surface area contributed by atoms with Crippen LogP contribution < -0.4 is 11.1 Å². The number of benzene rings is 2. The van der Waals surface area contributed by atoms with Crippen LogP contribution in [0, 0.1) is 21.4 Å². The number of nitro groups is 1. The number of non-ortho nitro benzene ring substituents is 1. The first kappa shape index (κ1) is 18.6. The summed E-state index contributed by atoms with van der Waals surface area (Å²) in [5.41, 5.74) is 6.81. The van der Waals surface area contributed by atoms with E-state index < -0.39 is 22.8 Å². The van der Waals surface area contributed by atoms with E-state index in [0.717, 1.165) is 0 Å². The Bertz CT molecular complexity index is 889. The third-order valence-electron chi connectivity index (χ3n) is 3.66. The molecule has 0 radical (unpaired) electrons. The topological polar surface area (TPSA) is 139 Å². The molecule has 0 saturated carbocycles. The van der Waals surface area contributed by atoms with Gasteiger partial charge >= 0.3 is 0 Å². The highest BCUT2D eigenvalue weighted by Gasteiger charge is 2.19. The molecular formula is C18H16N4O4. The normalized spacial score (nSPS) is 11.2. The molecular weight excluding hydrogens is 336 g/mol. The van der Waals surface area contributed by atoms with Gasteiger partial charge < -0.3 is 11.1 Å². The number of hydrogen-bond acceptors (Lipinski definition) is 5. The first-order valence-electron chi connectivity index (χ1n) is 7.70. The van der Waals surface area contributed by atoms with Crippen LogP contribution in [-0.2, 0) is 22.4 Å². The Morgan fingerprint density at radius 3 is 2.54 bits per heavy atom. The summed E-state index contributed by atoms with van der Waals surface area (Å²) in [5.74, 6) is -1.19. The van der Waals surface area contributed by atoms with Crippen LogP contribution in [0.2, 0.25) is 0 Å². The molecule has 0 bridgehead atoms. The molecule has 3 N–H and O–H groups in total. The summed E-state index contributed by atoms with van der Waals surface area (Å²) in [5, 5.41) is 22.2. The van der Waals surface area contributed by atoms with Gasteiger partial charge in [0.25, 0.3) is 5.69 Å². The SMILES string of the molecule is N#Cc1cccc(C[C@H](NC(=O)Cc2cccc([N+](=O)[O-])c2)C(N)=O)c1. The van der Waals surface area contributed by atoms with E-state index in [-0.39, 0.29) is 18.5 Å². The van der Waals surface area contributed by atoms with Gasteiger partial charge in [-0.15, -0.1) is 0 Å². The van der Waals surface area contributed by atoms with Gasteiger partial charge in [0.2, 0.25) is 11.8 Å². The Labute approximate surface area is 149 Å². The summed E-state index contributed by atoms with van der Waals surface area (Å²) in [6, 6.07) is 13.4. The summed E-state index contributed by atoms with van der Waals surface area (Å²) in [7, 11) is 0. The van der Waals surface area contributed by atoms with Crippen molar-refractivity contribution in [3.8, 4) is 6.07 Å². The minimum atomic E-state index is -0.949. The number of nitriles is 1. The van der Waals surface area contributed by atoms with E-state index >= 15 is 0 Å². The number of primary amides is 1. The standard InChI is InChI=1S/C18H16N4O4/c19-11-14-5-1-3-12(7-14)9-16(18(20)24)21-17(23)10-13-4-2-6-15(8-13)22(25)26/h1-8,16H,9-10H2,(H2,20,24)(H,21,23)/t16-/m0/s1. The number of amides is 2. The highest BCUT2D eigenvalue weighted by molar-refractivity contribution is 5.87. The third kappa shape index (κ3) is 5.14. The summed E-state index contributed by atoms with van der Waals surface area (Å²) in [6.07, 6.45) is 0.0230. The van der Waals surface area contributed by atoms with Gasteiger partial charge in [0.15, 0.2) is 0 Å². The highest BCUT2D eigenvalue weighted by Crippen LogP contribution is 2.14. The van der Waals surface area contributed by atoms with Crippen molar-refractivity contribution in [2.45, 2.75) is 18.9 Å². The molecule has 8 heteroatoms. The molecule has 2 amide bonds. The number of nitro benzene ring substituents is 1. The zero-order chi connectivity index (χ0) is 19.1. The molecule has 0 saturated heterocycles. The fourth-order valence-corrected chi connectivity index (χ4v) is 2.44. The maximum atomic E-state index is 12.2. The number of hydrogen-bond donors (Lipinski definition) is 2. The maximum absolute atomic E-state index is 12.2. The van der Waals surface area contributed by atoms with Crippen LogP contribution in [-0.4, -0.2) is 22.8 Å². The second-order valence-electron chi connectivity index (χ2n) is 5.64. The molecule has 0 fully saturated rings. The minimum Gasteiger partial charge on any atom is -0.368 e. The summed E-state index contributed by atoms with van der Waals surface area (Å²) in [6.45, 7) is 0. The van der Waals surface area contributed by atoms with E-state index in [0.29, 0.717) is 16.7 Å². The van der Waals surface area contributed by atoms with Gasteiger partial charge in [-0.1, -0.05) is 24.3 Å². The molecule has 0 aliphatic heterocycles. The van der Waals surface area contributed by atoms with E-state index in [4.69, 9.17) is 11.0 Å². The van der Waals surface area contributed by atoms with Gasteiger partial charge in [0.1, 0.15) is 6.04 Å². The fourth-order valence-electron chi connectivity index (χ4n) is 2.44. The van der Waals surface area contributed by atoms with Gasteiger partial charge in [-0.3, -0.25) is 19.7 Å². The molecule has 26 heavy (non-hydrogen) atoms. The van der Waals surface area contributed by atoms with Crippen LogP contribution in [0.3, 0.4) is 0 Å². The van der Waals surface area contributed by atoms with Crippen LogP contribution >= 0.6 is 0 Å². The Hall–Kier alpha value is -3.73. The first-order chi connectivity index (χ1) is 12.4.